The van der Waals surface area contributed by atoms with Gasteiger partial charge in [0.2, 0.25) is 15.9 Å². The van der Waals surface area contributed by atoms with Crippen LogP contribution in [0.25, 0.3) is 5.69 Å². The predicted molar refractivity (Wildman–Crippen MR) is 125 cm³/mol. The molecule has 0 radical (unpaired) electrons. The number of aryl methyl sites for hydroxylation is 1. The van der Waals surface area contributed by atoms with Crippen molar-refractivity contribution in [3.8, 4) is 5.69 Å². The molecule has 1 aliphatic heterocycles. The minimum atomic E-state index is -3.53. The molecule has 1 aromatic heterocycles. The van der Waals surface area contributed by atoms with Crippen LogP contribution in [0.3, 0.4) is 0 Å². The van der Waals surface area contributed by atoms with E-state index < -0.39 is 10.0 Å². The van der Waals surface area contributed by atoms with Crippen molar-refractivity contribution in [1.82, 2.24) is 24.0 Å². The lowest BCUT2D eigenvalue weighted by molar-refractivity contribution is -0.137. The van der Waals surface area contributed by atoms with Crippen molar-refractivity contribution in [2.75, 3.05) is 20.1 Å². The van der Waals surface area contributed by atoms with E-state index in [4.69, 9.17) is 0 Å². The summed E-state index contributed by atoms with van der Waals surface area (Å²) in [5.74, 6) is -0.133. The van der Waals surface area contributed by atoms with Crippen LogP contribution in [-0.2, 0) is 14.8 Å². The number of piperidine rings is 1. The molecule has 0 saturated carbocycles. The standard InChI is InChI=1S/C24H29N5O3S/c1-18-4-10-23(11-5-18)33(31,32)28-14-12-21(13-15-28)24(30)27(3)19(2)20-6-8-22(9-7-20)29-17-25-16-26-29/h4-11,16-17,19,21H,12-15H2,1-3H3. The Morgan fingerprint density at radius 1 is 1.06 bits per heavy atom. The molecule has 1 unspecified atom stereocenters. The number of hydrogen-bond acceptors (Lipinski definition) is 5. The number of sulfonamides is 1. The number of aromatic nitrogens is 3. The zero-order valence-electron chi connectivity index (χ0n) is 19.1. The average Bonchev–Trinajstić information content (AvgIpc) is 3.38. The van der Waals surface area contributed by atoms with E-state index in [0.29, 0.717) is 30.8 Å². The molecule has 2 aromatic carbocycles. The fourth-order valence-corrected chi connectivity index (χ4v) is 5.62. The minimum absolute atomic E-state index is 0.0511. The third-order valence-corrected chi connectivity index (χ3v) is 8.36. The first-order chi connectivity index (χ1) is 15.8. The minimum Gasteiger partial charge on any atom is -0.339 e. The Balaban J connectivity index is 1.37. The molecule has 1 fully saturated rings. The average molecular weight is 468 g/mol. The van der Waals surface area contributed by atoms with Gasteiger partial charge in [-0.3, -0.25) is 4.79 Å². The van der Waals surface area contributed by atoms with E-state index in [0.717, 1.165) is 16.8 Å². The van der Waals surface area contributed by atoms with Gasteiger partial charge in [0.25, 0.3) is 0 Å². The summed E-state index contributed by atoms with van der Waals surface area (Å²) >= 11 is 0. The first kappa shape index (κ1) is 23.1. The highest BCUT2D eigenvalue weighted by Gasteiger charge is 2.34. The second-order valence-electron chi connectivity index (χ2n) is 8.55. The Morgan fingerprint density at radius 2 is 1.70 bits per heavy atom. The molecule has 9 heteroatoms. The van der Waals surface area contributed by atoms with E-state index in [-0.39, 0.29) is 17.9 Å². The summed E-state index contributed by atoms with van der Waals surface area (Å²) in [5, 5.41) is 4.13. The maximum atomic E-state index is 13.2. The van der Waals surface area contributed by atoms with Crippen LogP contribution in [-0.4, -0.2) is 58.4 Å². The molecule has 4 rings (SSSR count). The second-order valence-corrected chi connectivity index (χ2v) is 10.5. The molecule has 2 heterocycles. The fourth-order valence-electron chi connectivity index (χ4n) is 4.15. The summed E-state index contributed by atoms with van der Waals surface area (Å²) in [6.07, 6.45) is 4.16. The van der Waals surface area contributed by atoms with E-state index in [9.17, 15) is 13.2 Å². The van der Waals surface area contributed by atoms with Gasteiger partial charge >= 0.3 is 0 Å². The summed E-state index contributed by atoms with van der Waals surface area (Å²) < 4.78 is 29.0. The zero-order chi connectivity index (χ0) is 23.6. The normalized spacial score (nSPS) is 16.5. The lowest BCUT2D eigenvalue weighted by Gasteiger charge is -2.34. The largest absolute Gasteiger partial charge is 0.339 e. The summed E-state index contributed by atoms with van der Waals surface area (Å²) in [4.78, 5) is 19.2. The van der Waals surface area contributed by atoms with E-state index >= 15 is 0 Å². The molecule has 1 saturated heterocycles. The molecule has 0 spiro atoms. The van der Waals surface area contributed by atoms with Crippen LogP contribution >= 0.6 is 0 Å². The highest BCUT2D eigenvalue weighted by atomic mass is 32.2. The Kier molecular flexibility index (Phi) is 6.62. The molecule has 0 aliphatic carbocycles. The molecule has 33 heavy (non-hydrogen) atoms. The molecule has 1 amide bonds. The van der Waals surface area contributed by atoms with Crippen LogP contribution < -0.4 is 0 Å². The topological polar surface area (TPSA) is 88.4 Å². The third kappa shape index (κ3) is 4.84. The number of amides is 1. The van der Waals surface area contributed by atoms with E-state index in [1.165, 1.54) is 10.6 Å². The summed E-state index contributed by atoms with van der Waals surface area (Å²) in [7, 11) is -1.72. The summed E-state index contributed by atoms with van der Waals surface area (Å²) in [6.45, 7) is 4.62. The molecule has 1 atom stereocenters. The molecule has 3 aromatic rings. The van der Waals surface area contributed by atoms with Crippen LogP contribution in [0.2, 0.25) is 0 Å². The maximum absolute atomic E-state index is 13.2. The third-order valence-electron chi connectivity index (χ3n) is 6.45. The number of benzene rings is 2. The Bertz CT molecular complexity index is 1180. The van der Waals surface area contributed by atoms with E-state index in [2.05, 4.69) is 10.1 Å². The van der Waals surface area contributed by atoms with Gasteiger partial charge in [-0.25, -0.2) is 18.1 Å². The van der Waals surface area contributed by atoms with E-state index in [1.807, 2.05) is 45.2 Å². The molecule has 1 aliphatic rings. The molecule has 0 bridgehead atoms. The van der Waals surface area contributed by atoms with Crippen molar-refractivity contribution in [1.29, 1.82) is 0 Å². The Morgan fingerprint density at radius 3 is 2.27 bits per heavy atom. The van der Waals surface area contributed by atoms with Gasteiger partial charge in [-0.1, -0.05) is 29.8 Å². The highest BCUT2D eigenvalue weighted by Crippen LogP contribution is 2.28. The summed E-state index contributed by atoms with van der Waals surface area (Å²) in [6, 6.07) is 14.7. The molecule has 0 N–H and O–H groups in total. The Hall–Kier alpha value is -3.04. The molecular weight excluding hydrogens is 438 g/mol. The highest BCUT2D eigenvalue weighted by molar-refractivity contribution is 7.89. The second kappa shape index (κ2) is 9.44. The van der Waals surface area contributed by atoms with Crippen molar-refractivity contribution in [3.05, 3.63) is 72.3 Å². The fraction of sp³-hybridized carbons (Fsp3) is 0.375. The van der Waals surface area contributed by atoms with Crippen LogP contribution in [0.1, 0.15) is 36.9 Å². The lowest BCUT2D eigenvalue weighted by Crippen LogP contribution is -2.43. The predicted octanol–water partition coefficient (Wildman–Crippen LogP) is 3.20. The van der Waals surface area contributed by atoms with Gasteiger partial charge in [-0.05, 0) is 56.5 Å². The van der Waals surface area contributed by atoms with Gasteiger partial charge < -0.3 is 4.90 Å². The SMILES string of the molecule is Cc1ccc(S(=O)(=O)N2CCC(C(=O)N(C)C(C)c3ccc(-n4cncn4)cc3)CC2)cc1. The monoisotopic (exact) mass is 467 g/mol. The van der Waals surface area contributed by atoms with Crippen molar-refractivity contribution in [2.45, 2.75) is 37.6 Å². The van der Waals surface area contributed by atoms with Gasteiger partial charge in [0.1, 0.15) is 12.7 Å². The van der Waals surface area contributed by atoms with Gasteiger partial charge in [0, 0.05) is 26.1 Å². The quantitative estimate of drug-likeness (QED) is 0.556. The molecule has 8 nitrogen and oxygen atoms in total. The smallest absolute Gasteiger partial charge is 0.243 e. The number of carbonyl (C=O) groups is 1. The number of carbonyl (C=O) groups excluding carboxylic acids is 1. The lowest BCUT2D eigenvalue weighted by atomic mass is 9.95. The van der Waals surface area contributed by atoms with Crippen molar-refractivity contribution in [3.63, 3.8) is 0 Å². The van der Waals surface area contributed by atoms with Gasteiger partial charge in [-0.15, -0.1) is 0 Å². The molecular formula is C24H29N5O3S. The van der Waals surface area contributed by atoms with Gasteiger partial charge in [0.05, 0.1) is 16.6 Å². The van der Waals surface area contributed by atoms with Crippen LogP contribution in [0.15, 0.2) is 66.1 Å². The van der Waals surface area contributed by atoms with Crippen LogP contribution in [0.4, 0.5) is 0 Å². The van der Waals surface area contributed by atoms with Crippen molar-refractivity contribution in [2.24, 2.45) is 5.92 Å². The number of rotatable bonds is 6. The van der Waals surface area contributed by atoms with Crippen molar-refractivity contribution >= 4 is 15.9 Å². The number of nitrogens with zero attached hydrogens (tertiary/aromatic N) is 5. The Labute approximate surface area is 194 Å². The van der Waals surface area contributed by atoms with Crippen LogP contribution in [0.5, 0.6) is 0 Å². The van der Waals surface area contributed by atoms with E-state index in [1.54, 1.807) is 40.2 Å². The van der Waals surface area contributed by atoms with Gasteiger partial charge in [0.15, 0.2) is 0 Å². The first-order valence-corrected chi connectivity index (χ1v) is 12.5. The zero-order valence-corrected chi connectivity index (χ0v) is 19.9. The first-order valence-electron chi connectivity index (χ1n) is 11.1. The number of hydrogen-bond donors (Lipinski definition) is 0. The van der Waals surface area contributed by atoms with Crippen molar-refractivity contribution < 1.29 is 13.2 Å². The van der Waals surface area contributed by atoms with Crippen LogP contribution in [0, 0.1) is 12.8 Å². The molecule has 174 valence electrons. The van der Waals surface area contributed by atoms with Gasteiger partial charge in [-0.2, -0.15) is 9.40 Å². The maximum Gasteiger partial charge on any atom is 0.243 e. The summed E-state index contributed by atoms with van der Waals surface area (Å²) in [5.41, 5.74) is 2.94.